The molecule has 8 heteroatoms. The monoisotopic (exact) mass is 449 g/mol. The van der Waals surface area contributed by atoms with E-state index in [1.165, 1.54) is 5.69 Å². The number of rotatable bonds is 4. The lowest BCUT2D eigenvalue weighted by Gasteiger charge is -2.36. The van der Waals surface area contributed by atoms with Gasteiger partial charge in [0, 0.05) is 48.9 Å². The number of nitrogens with zero attached hydrogens (tertiary/aromatic N) is 4. The molecule has 1 N–H and O–H groups in total. The molecule has 2 amide bonds. The molecule has 0 radical (unpaired) electrons. The highest BCUT2D eigenvalue weighted by Gasteiger charge is 2.32. The summed E-state index contributed by atoms with van der Waals surface area (Å²) in [6.45, 7) is 3.30. The van der Waals surface area contributed by atoms with E-state index in [2.05, 4.69) is 27.4 Å². The van der Waals surface area contributed by atoms with Crippen molar-refractivity contribution < 1.29 is 9.59 Å². The van der Waals surface area contributed by atoms with Crippen molar-refractivity contribution in [3.63, 3.8) is 0 Å². The molecule has 2 aliphatic heterocycles. The van der Waals surface area contributed by atoms with Gasteiger partial charge in [-0.05, 0) is 29.8 Å². The van der Waals surface area contributed by atoms with Crippen LogP contribution in [-0.2, 0) is 16.1 Å². The van der Waals surface area contributed by atoms with E-state index >= 15 is 0 Å². The number of nitrogens with one attached hydrogen (secondary N) is 1. The first-order chi connectivity index (χ1) is 15.6. The number of anilines is 2. The van der Waals surface area contributed by atoms with Gasteiger partial charge in [-0.2, -0.15) is 5.10 Å². The fraction of sp³-hybridized carbons (Fsp3) is 0.292. The Morgan fingerprint density at radius 3 is 2.47 bits per heavy atom. The number of amides is 2. The van der Waals surface area contributed by atoms with E-state index < -0.39 is 5.92 Å². The Labute approximate surface area is 191 Å². The number of hydrogen-bond acceptors (Lipinski definition) is 4. The Morgan fingerprint density at radius 1 is 1.03 bits per heavy atom. The summed E-state index contributed by atoms with van der Waals surface area (Å²) in [7, 11) is 0. The van der Waals surface area contributed by atoms with Crippen molar-refractivity contribution in [2.45, 2.75) is 13.0 Å². The number of carbonyl (C=O) groups excluding carboxylic acids is 2. The number of benzene rings is 2. The number of carbonyl (C=O) groups is 2. The van der Waals surface area contributed by atoms with Gasteiger partial charge in [-0.1, -0.05) is 41.9 Å². The van der Waals surface area contributed by atoms with Gasteiger partial charge >= 0.3 is 0 Å². The SMILES string of the molecule is O=C1Nc2c(-c3ccc(Cl)cc3)cnn2C[C@@H]1CC(=O)N1CCN(c2ccccc2)CC1. The summed E-state index contributed by atoms with van der Waals surface area (Å²) < 4.78 is 1.77. The fourth-order valence-corrected chi connectivity index (χ4v) is 4.48. The Hall–Kier alpha value is -3.32. The average Bonchev–Trinajstić information content (AvgIpc) is 3.23. The number of aromatic nitrogens is 2. The number of hydrogen-bond donors (Lipinski definition) is 1. The molecule has 1 atom stereocenters. The molecule has 164 valence electrons. The molecule has 7 nitrogen and oxygen atoms in total. The molecule has 2 aliphatic rings. The van der Waals surface area contributed by atoms with Gasteiger partial charge < -0.3 is 15.1 Å². The van der Waals surface area contributed by atoms with Crippen molar-refractivity contribution >= 4 is 34.9 Å². The molecule has 1 saturated heterocycles. The predicted molar refractivity (Wildman–Crippen MR) is 125 cm³/mol. The molecule has 0 bridgehead atoms. The topological polar surface area (TPSA) is 70.5 Å². The van der Waals surface area contributed by atoms with Gasteiger partial charge in [0.2, 0.25) is 11.8 Å². The van der Waals surface area contributed by atoms with Crippen LogP contribution in [0.2, 0.25) is 5.02 Å². The first-order valence-corrected chi connectivity index (χ1v) is 11.2. The minimum atomic E-state index is -0.430. The smallest absolute Gasteiger partial charge is 0.231 e. The van der Waals surface area contributed by atoms with E-state index in [0.29, 0.717) is 30.5 Å². The van der Waals surface area contributed by atoms with E-state index in [0.717, 1.165) is 24.2 Å². The Bertz CT molecular complexity index is 1120. The lowest BCUT2D eigenvalue weighted by Crippen LogP contribution is -2.49. The molecule has 3 aromatic rings. The first kappa shape index (κ1) is 20.6. The minimum absolute atomic E-state index is 0.0198. The van der Waals surface area contributed by atoms with E-state index in [9.17, 15) is 9.59 Å². The normalized spacial score (nSPS) is 18.3. The lowest BCUT2D eigenvalue weighted by atomic mass is 10.0. The molecule has 0 aliphatic carbocycles. The zero-order valence-electron chi connectivity index (χ0n) is 17.6. The van der Waals surface area contributed by atoms with Crippen LogP contribution < -0.4 is 10.2 Å². The van der Waals surface area contributed by atoms with E-state index in [1.807, 2.05) is 47.4 Å². The molecule has 0 unspecified atom stereocenters. The van der Waals surface area contributed by atoms with Crippen LogP contribution in [0.4, 0.5) is 11.5 Å². The van der Waals surface area contributed by atoms with Gasteiger partial charge in [-0.3, -0.25) is 9.59 Å². The molecule has 1 aromatic heterocycles. The molecule has 32 heavy (non-hydrogen) atoms. The van der Waals surface area contributed by atoms with Gasteiger partial charge in [-0.25, -0.2) is 4.68 Å². The maximum absolute atomic E-state index is 12.9. The average molecular weight is 450 g/mol. The van der Waals surface area contributed by atoms with Crippen LogP contribution in [0.5, 0.6) is 0 Å². The second kappa shape index (κ2) is 8.67. The summed E-state index contributed by atoms with van der Waals surface area (Å²) in [5.74, 6) is 0.119. The van der Waals surface area contributed by atoms with Crippen molar-refractivity contribution in [3.05, 3.63) is 65.8 Å². The van der Waals surface area contributed by atoms with Gasteiger partial charge in [0.15, 0.2) is 0 Å². The van der Waals surface area contributed by atoms with E-state index in [-0.39, 0.29) is 18.2 Å². The largest absolute Gasteiger partial charge is 0.368 e. The molecule has 0 saturated carbocycles. The van der Waals surface area contributed by atoms with Crippen LogP contribution in [0.15, 0.2) is 60.8 Å². The third-order valence-corrected chi connectivity index (χ3v) is 6.43. The van der Waals surface area contributed by atoms with Crippen LogP contribution in [0.3, 0.4) is 0 Å². The number of fused-ring (bicyclic) bond motifs is 1. The number of piperazine rings is 1. The summed E-state index contributed by atoms with van der Waals surface area (Å²) in [5.41, 5.74) is 2.95. The van der Waals surface area contributed by atoms with Crippen LogP contribution in [0.25, 0.3) is 11.1 Å². The zero-order chi connectivity index (χ0) is 22.1. The molecular formula is C24H24ClN5O2. The summed E-state index contributed by atoms with van der Waals surface area (Å²) in [4.78, 5) is 29.9. The Kier molecular flexibility index (Phi) is 5.57. The summed E-state index contributed by atoms with van der Waals surface area (Å²) in [5, 5.41) is 8.05. The van der Waals surface area contributed by atoms with Crippen molar-refractivity contribution in [2.75, 3.05) is 36.4 Å². The quantitative estimate of drug-likeness (QED) is 0.661. The number of para-hydroxylation sites is 1. The van der Waals surface area contributed by atoms with Gasteiger partial charge in [0.25, 0.3) is 0 Å². The molecule has 3 heterocycles. The van der Waals surface area contributed by atoms with Crippen molar-refractivity contribution in [3.8, 4) is 11.1 Å². The van der Waals surface area contributed by atoms with Crippen LogP contribution in [0, 0.1) is 5.92 Å². The molecule has 1 fully saturated rings. The van der Waals surface area contributed by atoms with Crippen LogP contribution >= 0.6 is 11.6 Å². The van der Waals surface area contributed by atoms with Gasteiger partial charge in [0.1, 0.15) is 5.82 Å². The number of halogens is 1. The van der Waals surface area contributed by atoms with Gasteiger partial charge in [0.05, 0.1) is 18.7 Å². The lowest BCUT2D eigenvalue weighted by molar-refractivity contribution is -0.135. The van der Waals surface area contributed by atoms with Crippen molar-refractivity contribution in [1.29, 1.82) is 0 Å². The van der Waals surface area contributed by atoms with E-state index in [4.69, 9.17) is 11.6 Å². The van der Waals surface area contributed by atoms with Crippen molar-refractivity contribution in [2.24, 2.45) is 5.92 Å². The van der Waals surface area contributed by atoms with Crippen LogP contribution in [-0.4, -0.2) is 52.7 Å². The zero-order valence-corrected chi connectivity index (χ0v) is 18.3. The van der Waals surface area contributed by atoms with Crippen LogP contribution in [0.1, 0.15) is 6.42 Å². The highest BCUT2D eigenvalue weighted by Crippen LogP contribution is 2.32. The van der Waals surface area contributed by atoms with Gasteiger partial charge in [-0.15, -0.1) is 0 Å². The third kappa shape index (κ3) is 4.08. The maximum Gasteiger partial charge on any atom is 0.231 e. The highest BCUT2D eigenvalue weighted by molar-refractivity contribution is 6.30. The maximum atomic E-state index is 12.9. The van der Waals surface area contributed by atoms with E-state index in [1.54, 1.807) is 10.9 Å². The predicted octanol–water partition coefficient (Wildman–Crippen LogP) is 3.51. The second-order valence-electron chi connectivity index (χ2n) is 8.19. The molecular weight excluding hydrogens is 426 g/mol. The Morgan fingerprint density at radius 2 is 1.75 bits per heavy atom. The molecule has 2 aromatic carbocycles. The molecule has 0 spiro atoms. The third-order valence-electron chi connectivity index (χ3n) is 6.18. The summed E-state index contributed by atoms with van der Waals surface area (Å²) in [6, 6.07) is 17.6. The molecule has 5 rings (SSSR count). The van der Waals surface area contributed by atoms with Crippen molar-refractivity contribution in [1.82, 2.24) is 14.7 Å². The second-order valence-corrected chi connectivity index (χ2v) is 8.63. The Balaban J connectivity index is 1.21. The first-order valence-electron chi connectivity index (χ1n) is 10.8. The highest BCUT2D eigenvalue weighted by atomic mass is 35.5. The fourth-order valence-electron chi connectivity index (χ4n) is 4.36. The minimum Gasteiger partial charge on any atom is -0.368 e. The standard InChI is InChI=1S/C24H24ClN5O2/c25-19-8-6-17(7-9-19)21-15-26-30-16-18(24(32)27-23(21)30)14-22(31)29-12-10-28(11-13-29)20-4-2-1-3-5-20/h1-9,15,18H,10-14,16H2,(H,27,32)/t18-/m0/s1. The summed E-state index contributed by atoms with van der Waals surface area (Å²) in [6.07, 6.45) is 1.93. The summed E-state index contributed by atoms with van der Waals surface area (Å²) >= 11 is 5.98.